The zero-order valence-corrected chi connectivity index (χ0v) is 11.1. The highest BCUT2D eigenvalue weighted by Crippen LogP contribution is 1.97. The Morgan fingerprint density at radius 1 is 1.29 bits per heavy atom. The van der Waals surface area contributed by atoms with Crippen LogP contribution in [0.2, 0.25) is 0 Å². The molecule has 0 spiro atoms. The van der Waals surface area contributed by atoms with Crippen LogP contribution in [0.3, 0.4) is 0 Å². The molecule has 0 fully saturated rings. The second-order valence-electron chi connectivity index (χ2n) is 4.11. The lowest BCUT2D eigenvalue weighted by molar-refractivity contribution is 0.133. The minimum absolute atomic E-state index is 0.810. The van der Waals surface area contributed by atoms with Crippen molar-refractivity contribution in [3.63, 3.8) is 0 Å². The molecule has 0 atom stereocenters. The van der Waals surface area contributed by atoms with E-state index in [1.165, 1.54) is 6.42 Å². The Morgan fingerprint density at radius 3 is 2.94 bits per heavy atom. The minimum atomic E-state index is 0.810. The van der Waals surface area contributed by atoms with E-state index in [0.29, 0.717) is 0 Å². The standard InChI is InChI=1S/C13H25N3O/c1-3-5-11-17-12-8-14-6-9-16-10-7-15-13(16)4-2/h7,10,14H,3-6,8-9,11-12H2,1-2H3. The number of aromatic nitrogens is 2. The Labute approximate surface area is 104 Å². The van der Waals surface area contributed by atoms with Crippen molar-refractivity contribution in [1.82, 2.24) is 14.9 Å². The van der Waals surface area contributed by atoms with Crippen LogP contribution in [0, 0.1) is 0 Å². The van der Waals surface area contributed by atoms with Gasteiger partial charge in [-0.05, 0) is 6.42 Å². The Balaban J connectivity index is 1.97. The predicted molar refractivity (Wildman–Crippen MR) is 70.2 cm³/mol. The molecule has 0 aliphatic carbocycles. The van der Waals surface area contributed by atoms with Gasteiger partial charge in [-0.1, -0.05) is 20.3 Å². The number of hydrogen-bond donors (Lipinski definition) is 1. The average Bonchev–Trinajstić information content (AvgIpc) is 2.80. The number of hydrogen-bond acceptors (Lipinski definition) is 3. The van der Waals surface area contributed by atoms with Crippen LogP contribution in [0.15, 0.2) is 12.4 Å². The van der Waals surface area contributed by atoms with Gasteiger partial charge in [-0.2, -0.15) is 0 Å². The topological polar surface area (TPSA) is 39.1 Å². The van der Waals surface area contributed by atoms with Crippen LogP contribution in [-0.2, 0) is 17.7 Å². The molecule has 1 aromatic rings. The van der Waals surface area contributed by atoms with Gasteiger partial charge in [-0.25, -0.2) is 4.98 Å². The number of nitrogens with one attached hydrogen (secondary N) is 1. The summed E-state index contributed by atoms with van der Waals surface area (Å²) in [5.74, 6) is 1.16. The van der Waals surface area contributed by atoms with E-state index in [1.54, 1.807) is 0 Å². The summed E-state index contributed by atoms with van der Waals surface area (Å²) < 4.78 is 7.67. The molecule has 0 unspecified atom stereocenters. The zero-order chi connectivity index (χ0) is 12.3. The third-order valence-corrected chi connectivity index (χ3v) is 2.71. The third kappa shape index (κ3) is 5.84. The van der Waals surface area contributed by atoms with E-state index in [4.69, 9.17) is 4.74 Å². The molecule has 1 aromatic heterocycles. The largest absolute Gasteiger partial charge is 0.380 e. The fourth-order valence-electron chi connectivity index (χ4n) is 1.68. The van der Waals surface area contributed by atoms with Crippen LogP contribution < -0.4 is 5.32 Å². The number of imidazole rings is 1. The molecule has 4 nitrogen and oxygen atoms in total. The smallest absolute Gasteiger partial charge is 0.108 e. The summed E-state index contributed by atoms with van der Waals surface area (Å²) in [6, 6.07) is 0. The van der Waals surface area contributed by atoms with Gasteiger partial charge in [0.05, 0.1) is 6.61 Å². The third-order valence-electron chi connectivity index (χ3n) is 2.71. The molecule has 1 rings (SSSR count). The van der Waals surface area contributed by atoms with Crippen LogP contribution in [0.4, 0.5) is 0 Å². The fraction of sp³-hybridized carbons (Fsp3) is 0.769. The molecule has 0 aliphatic heterocycles. The van der Waals surface area contributed by atoms with Gasteiger partial charge >= 0.3 is 0 Å². The second-order valence-corrected chi connectivity index (χ2v) is 4.11. The second kappa shape index (κ2) is 9.19. The maximum atomic E-state index is 5.47. The van der Waals surface area contributed by atoms with Gasteiger partial charge < -0.3 is 14.6 Å². The number of unbranched alkanes of at least 4 members (excludes halogenated alkanes) is 1. The summed E-state index contributed by atoms with van der Waals surface area (Å²) in [6.07, 6.45) is 7.26. The molecule has 0 aliphatic rings. The van der Waals surface area contributed by atoms with Gasteiger partial charge in [0.2, 0.25) is 0 Å². The molecule has 1 heterocycles. The highest BCUT2D eigenvalue weighted by Gasteiger charge is 1.98. The molecule has 4 heteroatoms. The first-order chi connectivity index (χ1) is 8.38. The van der Waals surface area contributed by atoms with Crippen molar-refractivity contribution in [2.45, 2.75) is 39.7 Å². The Morgan fingerprint density at radius 2 is 2.18 bits per heavy atom. The van der Waals surface area contributed by atoms with Crippen LogP contribution in [0.5, 0.6) is 0 Å². The molecule has 0 saturated carbocycles. The Hall–Kier alpha value is -0.870. The minimum Gasteiger partial charge on any atom is -0.380 e. The molecule has 1 N–H and O–H groups in total. The summed E-state index contributed by atoms with van der Waals surface area (Å²) >= 11 is 0. The quantitative estimate of drug-likeness (QED) is 0.633. The molecule has 0 amide bonds. The molecule has 0 aromatic carbocycles. The first-order valence-corrected chi connectivity index (χ1v) is 6.67. The molecule has 0 saturated heterocycles. The first kappa shape index (κ1) is 14.2. The van der Waals surface area contributed by atoms with Crippen LogP contribution >= 0.6 is 0 Å². The number of aryl methyl sites for hydroxylation is 1. The monoisotopic (exact) mass is 239 g/mol. The van der Waals surface area contributed by atoms with Gasteiger partial charge in [-0.15, -0.1) is 0 Å². The highest BCUT2D eigenvalue weighted by atomic mass is 16.5. The van der Waals surface area contributed by atoms with E-state index in [-0.39, 0.29) is 0 Å². The van der Waals surface area contributed by atoms with E-state index in [0.717, 1.165) is 51.5 Å². The lowest BCUT2D eigenvalue weighted by atomic mass is 10.4. The van der Waals surface area contributed by atoms with Gasteiger partial charge in [0.25, 0.3) is 0 Å². The Kier molecular flexibility index (Phi) is 7.67. The van der Waals surface area contributed by atoms with Crippen LogP contribution in [0.25, 0.3) is 0 Å². The van der Waals surface area contributed by atoms with Crippen molar-refractivity contribution in [3.05, 3.63) is 18.2 Å². The van der Waals surface area contributed by atoms with Crippen molar-refractivity contribution in [1.29, 1.82) is 0 Å². The highest BCUT2D eigenvalue weighted by molar-refractivity contribution is 4.91. The van der Waals surface area contributed by atoms with Gasteiger partial charge in [0.15, 0.2) is 0 Å². The van der Waals surface area contributed by atoms with Gasteiger partial charge in [0.1, 0.15) is 5.82 Å². The van der Waals surface area contributed by atoms with Crippen molar-refractivity contribution in [2.75, 3.05) is 26.3 Å². The predicted octanol–water partition coefficient (Wildman–Crippen LogP) is 1.85. The van der Waals surface area contributed by atoms with Crippen LogP contribution in [0.1, 0.15) is 32.5 Å². The number of ether oxygens (including phenoxy) is 1. The molecule has 0 radical (unpaired) electrons. The number of rotatable bonds is 10. The maximum Gasteiger partial charge on any atom is 0.108 e. The van der Waals surface area contributed by atoms with Crippen molar-refractivity contribution in [3.8, 4) is 0 Å². The molecular weight excluding hydrogens is 214 g/mol. The average molecular weight is 239 g/mol. The van der Waals surface area contributed by atoms with Crippen LogP contribution in [-0.4, -0.2) is 35.9 Å². The summed E-state index contributed by atoms with van der Waals surface area (Å²) in [6.45, 7) is 8.90. The van der Waals surface area contributed by atoms with E-state index < -0.39 is 0 Å². The zero-order valence-electron chi connectivity index (χ0n) is 11.1. The van der Waals surface area contributed by atoms with Crippen molar-refractivity contribution >= 4 is 0 Å². The molecular formula is C13H25N3O. The molecule has 17 heavy (non-hydrogen) atoms. The lowest BCUT2D eigenvalue weighted by Gasteiger charge is -2.08. The summed E-state index contributed by atoms with van der Waals surface area (Å²) in [4.78, 5) is 4.29. The van der Waals surface area contributed by atoms with Crippen molar-refractivity contribution in [2.24, 2.45) is 0 Å². The summed E-state index contributed by atoms with van der Waals surface area (Å²) in [7, 11) is 0. The van der Waals surface area contributed by atoms with Gasteiger partial charge in [-0.3, -0.25) is 0 Å². The van der Waals surface area contributed by atoms with E-state index in [9.17, 15) is 0 Å². The fourth-order valence-corrected chi connectivity index (χ4v) is 1.68. The van der Waals surface area contributed by atoms with E-state index >= 15 is 0 Å². The summed E-state index contributed by atoms with van der Waals surface area (Å²) in [5, 5.41) is 3.38. The number of nitrogens with zero attached hydrogens (tertiary/aromatic N) is 2. The van der Waals surface area contributed by atoms with E-state index in [1.807, 2.05) is 12.4 Å². The normalized spacial score (nSPS) is 10.9. The lowest BCUT2D eigenvalue weighted by Crippen LogP contribution is -2.24. The van der Waals surface area contributed by atoms with E-state index in [2.05, 4.69) is 28.7 Å². The Bertz CT molecular complexity index is 286. The molecule has 98 valence electrons. The molecule has 0 bridgehead atoms. The van der Waals surface area contributed by atoms with Gasteiger partial charge in [0, 0.05) is 45.1 Å². The van der Waals surface area contributed by atoms with Crippen molar-refractivity contribution < 1.29 is 4.74 Å². The first-order valence-electron chi connectivity index (χ1n) is 6.67. The summed E-state index contributed by atoms with van der Waals surface area (Å²) in [5.41, 5.74) is 0. The maximum absolute atomic E-state index is 5.47. The SMILES string of the molecule is CCCCOCCNCCn1ccnc1CC.